The lowest BCUT2D eigenvalue weighted by molar-refractivity contribution is -0.241. The van der Waals surface area contributed by atoms with Gasteiger partial charge >= 0.3 is 18.4 Å². The molecule has 0 amide bonds. The van der Waals surface area contributed by atoms with Crippen molar-refractivity contribution < 1.29 is 29.3 Å². The molecule has 1 heterocycles. The van der Waals surface area contributed by atoms with Crippen molar-refractivity contribution in [3.05, 3.63) is 0 Å². The number of esters is 2. The van der Waals surface area contributed by atoms with Crippen LogP contribution in [0.3, 0.4) is 0 Å². The van der Waals surface area contributed by atoms with Gasteiger partial charge in [0.25, 0.3) is 0 Å². The quantitative estimate of drug-likeness (QED) is 0.404. The molecule has 1 rings (SSSR count). The van der Waals surface area contributed by atoms with Crippen LogP contribution in [0.4, 0.5) is 0 Å². The molecule has 0 aromatic rings. The minimum Gasteiger partial charge on any atom is -0.400 e. The molecular formula is C5H6O6. The Kier molecular flexibility index (Phi) is 2.06. The monoisotopic (exact) mass is 162 g/mol. The second-order valence-electron chi connectivity index (χ2n) is 1.95. The predicted octanol–water partition coefficient (Wildman–Crippen LogP) is -1.89. The Morgan fingerprint density at radius 2 is 1.91 bits per heavy atom. The molecule has 0 aliphatic carbocycles. The van der Waals surface area contributed by atoms with Gasteiger partial charge in [-0.1, -0.05) is 0 Å². The Labute approximate surface area is 61.3 Å². The molecule has 6 heteroatoms. The standard InChI is InChI=1S/C5H6O6/c6-2-1-3(7)10-5(9)11-4(2)8/h2,5-6,9H,1H2. The third-order valence-corrected chi connectivity index (χ3v) is 1.08. The van der Waals surface area contributed by atoms with Crippen LogP contribution >= 0.6 is 0 Å². The number of hydrogen-bond donors (Lipinski definition) is 2. The average Bonchev–Trinajstić information content (AvgIpc) is 1.93. The molecule has 0 bridgehead atoms. The van der Waals surface area contributed by atoms with Gasteiger partial charge in [0.2, 0.25) is 0 Å². The van der Waals surface area contributed by atoms with Gasteiger partial charge in [0.05, 0.1) is 6.42 Å². The van der Waals surface area contributed by atoms with Crippen molar-refractivity contribution >= 4 is 11.9 Å². The Hall–Kier alpha value is -1.14. The predicted molar refractivity (Wildman–Crippen MR) is 28.8 cm³/mol. The molecule has 0 spiro atoms. The van der Waals surface area contributed by atoms with Crippen LogP contribution in [0.1, 0.15) is 6.42 Å². The van der Waals surface area contributed by atoms with Gasteiger partial charge in [-0.15, -0.1) is 0 Å². The van der Waals surface area contributed by atoms with Crippen molar-refractivity contribution in [2.45, 2.75) is 19.0 Å². The molecule has 0 aromatic carbocycles. The maximum Gasteiger partial charge on any atom is 0.362 e. The Morgan fingerprint density at radius 3 is 2.55 bits per heavy atom. The first-order valence-corrected chi connectivity index (χ1v) is 2.85. The number of hydrogen-bond acceptors (Lipinski definition) is 6. The summed E-state index contributed by atoms with van der Waals surface area (Å²) in [7, 11) is 0. The molecule has 2 N–H and O–H groups in total. The van der Waals surface area contributed by atoms with E-state index in [1.165, 1.54) is 0 Å². The summed E-state index contributed by atoms with van der Waals surface area (Å²) in [6.45, 7) is -1.90. The number of aliphatic hydroxyl groups is 2. The van der Waals surface area contributed by atoms with Gasteiger partial charge in [0.1, 0.15) is 0 Å². The van der Waals surface area contributed by atoms with Gasteiger partial charge in [-0.05, 0) is 0 Å². The highest BCUT2D eigenvalue weighted by atomic mass is 16.8. The Bertz CT molecular complexity index is 187. The summed E-state index contributed by atoms with van der Waals surface area (Å²) in [5.74, 6) is -1.95. The molecule has 1 saturated heterocycles. The van der Waals surface area contributed by atoms with E-state index in [2.05, 4.69) is 9.47 Å². The van der Waals surface area contributed by atoms with E-state index in [0.29, 0.717) is 0 Å². The highest BCUT2D eigenvalue weighted by Crippen LogP contribution is 2.06. The lowest BCUT2D eigenvalue weighted by Gasteiger charge is -2.06. The highest BCUT2D eigenvalue weighted by Gasteiger charge is 2.29. The molecule has 1 aliphatic heterocycles. The summed E-state index contributed by atoms with van der Waals surface area (Å²) in [5, 5.41) is 17.3. The maximum absolute atomic E-state index is 10.5. The third-order valence-electron chi connectivity index (χ3n) is 1.08. The number of carbonyl (C=O) groups excluding carboxylic acids is 2. The summed E-state index contributed by atoms with van der Waals surface area (Å²) in [4.78, 5) is 21.0. The van der Waals surface area contributed by atoms with Crippen molar-refractivity contribution in [1.29, 1.82) is 0 Å². The van der Waals surface area contributed by atoms with Crippen LogP contribution < -0.4 is 0 Å². The smallest absolute Gasteiger partial charge is 0.362 e. The van der Waals surface area contributed by atoms with E-state index in [0.717, 1.165) is 0 Å². The van der Waals surface area contributed by atoms with E-state index in [4.69, 9.17) is 10.2 Å². The molecule has 11 heavy (non-hydrogen) atoms. The summed E-state index contributed by atoms with van der Waals surface area (Å²) < 4.78 is 8.08. The van der Waals surface area contributed by atoms with E-state index in [1.54, 1.807) is 0 Å². The number of ether oxygens (including phenoxy) is 2. The fourth-order valence-electron chi connectivity index (χ4n) is 0.604. The fraction of sp³-hybridized carbons (Fsp3) is 0.600. The second kappa shape index (κ2) is 2.85. The fourth-order valence-corrected chi connectivity index (χ4v) is 0.604. The van der Waals surface area contributed by atoms with Gasteiger partial charge in [-0.2, -0.15) is 0 Å². The minimum absolute atomic E-state index is 0.490. The number of aliphatic hydroxyl groups excluding tert-OH is 2. The molecule has 62 valence electrons. The number of carbonyl (C=O) groups is 2. The first kappa shape index (κ1) is 7.96. The SMILES string of the molecule is O=C1CC(O)C(=O)OC(O)O1. The van der Waals surface area contributed by atoms with Crippen LogP contribution in [0.15, 0.2) is 0 Å². The summed E-state index contributed by atoms with van der Waals surface area (Å²) in [5.41, 5.74) is 0. The van der Waals surface area contributed by atoms with Crippen LogP contribution in [0.5, 0.6) is 0 Å². The van der Waals surface area contributed by atoms with Crippen molar-refractivity contribution in [3.8, 4) is 0 Å². The van der Waals surface area contributed by atoms with Crippen LogP contribution in [-0.4, -0.2) is 34.7 Å². The Balaban J connectivity index is 2.66. The van der Waals surface area contributed by atoms with Crippen molar-refractivity contribution in [2.75, 3.05) is 0 Å². The lowest BCUT2D eigenvalue weighted by atomic mass is 10.3. The normalized spacial score (nSPS) is 32.2. The molecule has 1 fully saturated rings. The van der Waals surface area contributed by atoms with Gasteiger partial charge < -0.3 is 19.7 Å². The molecule has 6 nitrogen and oxygen atoms in total. The molecule has 0 aromatic heterocycles. The average molecular weight is 162 g/mol. The van der Waals surface area contributed by atoms with Gasteiger partial charge in [-0.3, -0.25) is 4.79 Å². The van der Waals surface area contributed by atoms with E-state index in [1.807, 2.05) is 0 Å². The maximum atomic E-state index is 10.5. The molecule has 2 atom stereocenters. The van der Waals surface area contributed by atoms with Crippen molar-refractivity contribution in [3.63, 3.8) is 0 Å². The van der Waals surface area contributed by atoms with Gasteiger partial charge in [-0.25, -0.2) is 4.79 Å². The van der Waals surface area contributed by atoms with Crippen LogP contribution in [0.2, 0.25) is 0 Å². The van der Waals surface area contributed by atoms with Crippen LogP contribution in [0.25, 0.3) is 0 Å². The zero-order valence-corrected chi connectivity index (χ0v) is 5.39. The largest absolute Gasteiger partial charge is 0.400 e. The Morgan fingerprint density at radius 1 is 1.27 bits per heavy atom. The van der Waals surface area contributed by atoms with Crippen molar-refractivity contribution in [2.24, 2.45) is 0 Å². The molecule has 0 radical (unpaired) electrons. The third kappa shape index (κ3) is 1.89. The van der Waals surface area contributed by atoms with Gasteiger partial charge in [0.15, 0.2) is 6.10 Å². The topological polar surface area (TPSA) is 93.1 Å². The molecular weight excluding hydrogens is 156 g/mol. The number of rotatable bonds is 0. The zero-order valence-electron chi connectivity index (χ0n) is 5.39. The lowest BCUT2D eigenvalue weighted by Crippen LogP contribution is -2.24. The highest BCUT2D eigenvalue weighted by molar-refractivity contribution is 5.82. The van der Waals surface area contributed by atoms with E-state index >= 15 is 0 Å². The van der Waals surface area contributed by atoms with E-state index < -0.39 is 30.9 Å². The van der Waals surface area contributed by atoms with E-state index in [9.17, 15) is 9.59 Å². The van der Waals surface area contributed by atoms with Crippen LogP contribution in [0, 0.1) is 0 Å². The zero-order chi connectivity index (χ0) is 8.43. The second-order valence-corrected chi connectivity index (χ2v) is 1.95. The van der Waals surface area contributed by atoms with Gasteiger partial charge in [0, 0.05) is 0 Å². The van der Waals surface area contributed by atoms with Crippen molar-refractivity contribution in [1.82, 2.24) is 0 Å². The van der Waals surface area contributed by atoms with E-state index in [-0.39, 0.29) is 0 Å². The number of cyclic esters (lactones) is 2. The summed E-state index contributed by atoms with van der Waals surface area (Å²) >= 11 is 0. The minimum atomic E-state index is -1.90. The van der Waals surface area contributed by atoms with Crippen LogP contribution in [-0.2, 0) is 19.1 Å². The summed E-state index contributed by atoms with van der Waals surface area (Å²) in [6, 6.07) is 0. The first-order valence-electron chi connectivity index (χ1n) is 2.85. The molecule has 0 saturated carbocycles. The first-order chi connectivity index (χ1) is 5.09. The summed E-state index contributed by atoms with van der Waals surface area (Å²) in [6.07, 6.45) is -2.03. The molecule has 1 aliphatic rings. The molecule has 2 unspecified atom stereocenters.